The molecule has 0 saturated heterocycles. The van der Waals surface area contributed by atoms with Gasteiger partial charge in [-0.3, -0.25) is 0 Å². The first-order chi connectivity index (χ1) is 7.65. The van der Waals surface area contributed by atoms with E-state index in [1.54, 1.807) is 6.07 Å². The van der Waals surface area contributed by atoms with Crippen LogP contribution in [0.25, 0.3) is 0 Å². The number of hydrogen-bond donors (Lipinski definition) is 2. The van der Waals surface area contributed by atoms with Gasteiger partial charge < -0.3 is 15.3 Å². The number of rotatable bonds is 3. The summed E-state index contributed by atoms with van der Waals surface area (Å²) in [4.78, 5) is 10.4. The van der Waals surface area contributed by atoms with Gasteiger partial charge in [0.2, 0.25) is 5.76 Å². The molecule has 5 heteroatoms. The molecule has 1 atom stereocenters. The maximum atomic E-state index is 10.4. The van der Waals surface area contributed by atoms with Crippen molar-refractivity contribution in [3.63, 3.8) is 0 Å². The molecule has 0 bridgehead atoms. The van der Waals surface area contributed by atoms with Crippen LogP contribution >= 0.6 is 11.6 Å². The van der Waals surface area contributed by atoms with Crippen molar-refractivity contribution in [3.05, 3.63) is 23.7 Å². The highest BCUT2D eigenvalue weighted by molar-refractivity contribution is 6.23. The third-order valence-electron chi connectivity index (χ3n) is 1.64. The van der Waals surface area contributed by atoms with Gasteiger partial charge in [0.05, 0.1) is 6.04 Å². The van der Waals surface area contributed by atoms with Gasteiger partial charge in [0, 0.05) is 4.87 Å². The molecule has 0 amide bonds. The van der Waals surface area contributed by atoms with Crippen molar-refractivity contribution in [2.45, 2.75) is 45.0 Å². The van der Waals surface area contributed by atoms with Gasteiger partial charge >= 0.3 is 5.97 Å². The lowest BCUT2D eigenvalue weighted by atomic mass is 10.2. The molecule has 98 valence electrons. The molecule has 3 N–H and O–H groups in total. The van der Waals surface area contributed by atoms with Crippen molar-refractivity contribution in [3.8, 4) is 0 Å². The summed E-state index contributed by atoms with van der Waals surface area (Å²) in [5, 5.41) is 8.52. The minimum atomic E-state index is -1.07. The average molecular weight is 262 g/mol. The van der Waals surface area contributed by atoms with Crippen LogP contribution in [-0.2, 0) is 0 Å². The van der Waals surface area contributed by atoms with Gasteiger partial charge in [-0.2, -0.15) is 0 Å². The van der Waals surface area contributed by atoms with Crippen LogP contribution in [0.5, 0.6) is 0 Å². The molecular formula is C12H20ClNO3. The van der Waals surface area contributed by atoms with E-state index in [1.807, 2.05) is 27.7 Å². The minimum absolute atomic E-state index is 0.0278. The summed E-state index contributed by atoms with van der Waals surface area (Å²) in [5.41, 5.74) is 5.62. The lowest BCUT2D eigenvalue weighted by molar-refractivity contribution is 0.0659. The normalized spacial score (nSPS) is 12.6. The Kier molecular flexibility index (Phi) is 6.27. The van der Waals surface area contributed by atoms with Crippen LogP contribution in [0.4, 0.5) is 0 Å². The molecule has 0 aliphatic rings. The standard InChI is InChI=1S/C8H11NO3.C4H9Cl/c1-2-5(9)6-3-4-7(12-6)8(10)11;1-4(2,3)5/h3-5H,2,9H2,1H3,(H,10,11);1-3H3. The van der Waals surface area contributed by atoms with Crippen LogP contribution in [0, 0.1) is 0 Å². The van der Waals surface area contributed by atoms with E-state index in [2.05, 4.69) is 0 Å². The first-order valence-electron chi connectivity index (χ1n) is 5.42. The Balaban J connectivity index is 0.000000437. The van der Waals surface area contributed by atoms with Crippen LogP contribution in [0.1, 0.15) is 56.5 Å². The lowest BCUT2D eigenvalue weighted by Gasteiger charge is -2.02. The zero-order valence-corrected chi connectivity index (χ0v) is 11.4. The number of nitrogens with two attached hydrogens (primary N) is 1. The summed E-state index contributed by atoms with van der Waals surface area (Å²) >= 11 is 5.53. The fourth-order valence-electron chi connectivity index (χ4n) is 0.868. The van der Waals surface area contributed by atoms with E-state index in [9.17, 15) is 4.79 Å². The van der Waals surface area contributed by atoms with Crippen molar-refractivity contribution in [1.82, 2.24) is 0 Å². The predicted molar refractivity (Wildman–Crippen MR) is 68.5 cm³/mol. The predicted octanol–water partition coefficient (Wildman–Crippen LogP) is 3.41. The number of aromatic carboxylic acids is 1. The summed E-state index contributed by atoms with van der Waals surface area (Å²) in [5.74, 6) is -0.603. The van der Waals surface area contributed by atoms with Gasteiger partial charge in [0.25, 0.3) is 0 Å². The summed E-state index contributed by atoms with van der Waals surface area (Å²) in [6, 6.07) is 2.79. The van der Waals surface area contributed by atoms with E-state index in [1.165, 1.54) is 6.07 Å². The maximum absolute atomic E-state index is 10.4. The Hall–Kier alpha value is -1.00. The fourth-order valence-corrected chi connectivity index (χ4v) is 0.868. The van der Waals surface area contributed by atoms with Crippen molar-refractivity contribution >= 4 is 17.6 Å². The molecule has 4 nitrogen and oxygen atoms in total. The summed E-state index contributed by atoms with van der Waals surface area (Å²) in [7, 11) is 0. The Bertz CT molecular complexity index is 349. The fraction of sp³-hybridized carbons (Fsp3) is 0.583. The molecule has 1 aromatic heterocycles. The number of halogens is 1. The maximum Gasteiger partial charge on any atom is 0.371 e. The molecule has 0 saturated carbocycles. The van der Waals surface area contributed by atoms with Crippen molar-refractivity contribution < 1.29 is 14.3 Å². The third-order valence-corrected chi connectivity index (χ3v) is 1.64. The van der Waals surface area contributed by atoms with Crippen LogP contribution in [0.2, 0.25) is 0 Å². The number of alkyl halides is 1. The SMILES string of the molecule is CC(C)(C)Cl.CCC(N)c1ccc(C(=O)O)o1. The molecule has 1 heterocycles. The van der Waals surface area contributed by atoms with Crippen LogP contribution in [-0.4, -0.2) is 16.0 Å². The van der Waals surface area contributed by atoms with Gasteiger partial charge in [-0.1, -0.05) is 6.92 Å². The van der Waals surface area contributed by atoms with E-state index < -0.39 is 5.97 Å². The third kappa shape index (κ3) is 7.82. The second kappa shape index (κ2) is 6.67. The topological polar surface area (TPSA) is 76.5 Å². The van der Waals surface area contributed by atoms with E-state index in [0.29, 0.717) is 5.76 Å². The van der Waals surface area contributed by atoms with E-state index in [0.717, 1.165) is 6.42 Å². The second-order valence-corrected chi connectivity index (χ2v) is 5.72. The second-order valence-electron chi connectivity index (χ2n) is 4.59. The van der Waals surface area contributed by atoms with Gasteiger partial charge in [-0.25, -0.2) is 4.79 Å². The Morgan fingerprint density at radius 1 is 1.53 bits per heavy atom. The highest BCUT2D eigenvalue weighted by Crippen LogP contribution is 2.16. The number of carbonyl (C=O) groups is 1. The Morgan fingerprint density at radius 3 is 2.29 bits per heavy atom. The minimum Gasteiger partial charge on any atom is -0.475 e. The highest BCUT2D eigenvalue weighted by Gasteiger charge is 2.12. The number of hydrogen-bond acceptors (Lipinski definition) is 3. The summed E-state index contributed by atoms with van der Waals surface area (Å²) in [6.07, 6.45) is 0.729. The van der Waals surface area contributed by atoms with Gasteiger partial charge in [-0.05, 0) is 39.3 Å². The van der Waals surface area contributed by atoms with Gasteiger partial charge in [0.15, 0.2) is 0 Å². The zero-order valence-electron chi connectivity index (χ0n) is 10.7. The number of furan rings is 1. The van der Waals surface area contributed by atoms with E-state index in [4.69, 9.17) is 26.9 Å². The number of carboxylic acid groups (broad SMARTS) is 1. The monoisotopic (exact) mass is 261 g/mol. The largest absolute Gasteiger partial charge is 0.475 e. The van der Waals surface area contributed by atoms with E-state index in [-0.39, 0.29) is 16.7 Å². The first kappa shape index (κ1) is 16.0. The van der Waals surface area contributed by atoms with Crippen LogP contribution in [0.3, 0.4) is 0 Å². The Morgan fingerprint density at radius 2 is 2.00 bits per heavy atom. The molecule has 0 aliphatic carbocycles. The molecule has 0 aromatic carbocycles. The highest BCUT2D eigenvalue weighted by atomic mass is 35.5. The molecule has 17 heavy (non-hydrogen) atoms. The smallest absolute Gasteiger partial charge is 0.371 e. The van der Waals surface area contributed by atoms with Crippen LogP contribution < -0.4 is 5.73 Å². The summed E-state index contributed by atoms with van der Waals surface area (Å²) < 4.78 is 4.97. The molecule has 0 fully saturated rings. The van der Waals surface area contributed by atoms with Crippen molar-refractivity contribution in [2.75, 3.05) is 0 Å². The molecule has 1 rings (SSSR count). The average Bonchev–Trinajstić information content (AvgIpc) is 2.62. The van der Waals surface area contributed by atoms with Gasteiger partial charge in [-0.15, -0.1) is 11.6 Å². The van der Waals surface area contributed by atoms with E-state index >= 15 is 0 Å². The first-order valence-corrected chi connectivity index (χ1v) is 5.80. The molecule has 0 aliphatic heterocycles. The quantitative estimate of drug-likeness (QED) is 0.818. The van der Waals surface area contributed by atoms with Crippen molar-refractivity contribution in [1.29, 1.82) is 0 Å². The lowest BCUT2D eigenvalue weighted by Crippen LogP contribution is -2.07. The molecule has 0 spiro atoms. The summed E-state index contributed by atoms with van der Waals surface area (Å²) in [6.45, 7) is 7.77. The molecule has 1 unspecified atom stereocenters. The Labute approximate surface area is 107 Å². The molecule has 0 radical (unpaired) electrons. The molecule has 1 aromatic rings. The van der Waals surface area contributed by atoms with Gasteiger partial charge in [0.1, 0.15) is 5.76 Å². The van der Waals surface area contributed by atoms with Crippen molar-refractivity contribution in [2.24, 2.45) is 5.73 Å². The molecular weight excluding hydrogens is 242 g/mol. The van der Waals surface area contributed by atoms with Crippen LogP contribution in [0.15, 0.2) is 16.5 Å². The number of carboxylic acids is 1. The zero-order chi connectivity index (χ0) is 13.6.